The van der Waals surface area contributed by atoms with Crippen LogP contribution < -0.4 is 10.1 Å². The van der Waals surface area contributed by atoms with E-state index in [2.05, 4.69) is 15.5 Å². The van der Waals surface area contributed by atoms with Crippen LogP contribution in [0.2, 0.25) is 0 Å². The third kappa shape index (κ3) is 4.23. The van der Waals surface area contributed by atoms with Gasteiger partial charge in [-0.1, -0.05) is 54.2 Å². The number of thioether (sulfide) groups is 1. The molecule has 1 amide bonds. The Labute approximate surface area is 156 Å². The van der Waals surface area contributed by atoms with Crippen molar-refractivity contribution in [2.24, 2.45) is 7.05 Å². The van der Waals surface area contributed by atoms with Gasteiger partial charge in [0.1, 0.15) is 5.75 Å². The molecule has 0 aliphatic rings. The van der Waals surface area contributed by atoms with Crippen LogP contribution in [0, 0.1) is 0 Å². The zero-order chi connectivity index (χ0) is 18.4. The first-order valence-electron chi connectivity index (χ1n) is 8.15. The van der Waals surface area contributed by atoms with E-state index in [0.717, 1.165) is 16.9 Å². The highest BCUT2D eigenvalue weighted by molar-refractivity contribution is 7.99. The number of benzene rings is 2. The molecule has 0 aliphatic heterocycles. The second-order valence-corrected chi connectivity index (χ2v) is 6.56. The maximum absolute atomic E-state index is 12.1. The van der Waals surface area contributed by atoms with Gasteiger partial charge in [0.05, 0.1) is 18.4 Å². The maximum atomic E-state index is 12.1. The second-order valence-electron chi connectivity index (χ2n) is 5.62. The van der Waals surface area contributed by atoms with Crippen molar-refractivity contribution in [1.29, 1.82) is 0 Å². The molecule has 3 aromatic rings. The van der Waals surface area contributed by atoms with Gasteiger partial charge in [-0.05, 0) is 17.7 Å². The molecule has 0 atom stereocenters. The molecule has 0 radical (unpaired) electrons. The predicted octanol–water partition coefficient (Wildman–Crippen LogP) is 2.90. The molecule has 2 aromatic carbocycles. The van der Waals surface area contributed by atoms with Crippen molar-refractivity contribution in [1.82, 2.24) is 20.1 Å². The first-order valence-corrected chi connectivity index (χ1v) is 9.14. The van der Waals surface area contributed by atoms with Gasteiger partial charge in [0, 0.05) is 13.6 Å². The van der Waals surface area contributed by atoms with Crippen molar-refractivity contribution >= 4 is 17.7 Å². The zero-order valence-electron chi connectivity index (χ0n) is 14.7. The van der Waals surface area contributed by atoms with E-state index < -0.39 is 0 Å². The normalized spacial score (nSPS) is 10.5. The molecule has 134 valence electrons. The molecule has 0 saturated carbocycles. The number of nitrogens with one attached hydrogen (secondary N) is 1. The van der Waals surface area contributed by atoms with E-state index in [4.69, 9.17) is 4.74 Å². The molecule has 1 heterocycles. The number of nitrogens with zero attached hydrogens (tertiary/aromatic N) is 3. The number of aromatic nitrogens is 3. The number of carbonyl (C=O) groups is 1. The number of carbonyl (C=O) groups excluding carboxylic acids is 1. The van der Waals surface area contributed by atoms with Gasteiger partial charge in [-0.3, -0.25) is 4.79 Å². The number of hydrogen-bond donors (Lipinski definition) is 1. The van der Waals surface area contributed by atoms with Crippen LogP contribution in [-0.4, -0.2) is 33.5 Å². The van der Waals surface area contributed by atoms with Crippen LogP contribution in [0.1, 0.15) is 5.56 Å². The van der Waals surface area contributed by atoms with Crippen molar-refractivity contribution < 1.29 is 9.53 Å². The summed E-state index contributed by atoms with van der Waals surface area (Å²) in [5.41, 5.74) is 1.94. The van der Waals surface area contributed by atoms with E-state index in [1.54, 1.807) is 7.11 Å². The van der Waals surface area contributed by atoms with Crippen molar-refractivity contribution in [2.75, 3.05) is 12.9 Å². The molecule has 0 bridgehead atoms. The number of hydrogen-bond acceptors (Lipinski definition) is 5. The van der Waals surface area contributed by atoms with Crippen LogP contribution in [-0.2, 0) is 18.4 Å². The Kier molecular flexibility index (Phi) is 5.91. The fourth-order valence-electron chi connectivity index (χ4n) is 2.48. The van der Waals surface area contributed by atoms with Crippen molar-refractivity contribution in [3.63, 3.8) is 0 Å². The minimum Gasteiger partial charge on any atom is -0.496 e. The molecule has 0 fully saturated rings. The quantitative estimate of drug-likeness (QED) is 0.650. The average Bonchev–Trinajstić information content (AvgIpc) is 3.05. The summed E-state index contributed by atoms with van der Waals surface area (Å²) in [5, 5.41) is 12.0. The van der Waals surface area contributed by atoms with Crippen LogP contribution in [0.15, 0.2) is 59.8 Å². The van der Waals surface area contributed by atoms with Gasteiger partial charge in [0.25, 0.3) is 0 Å². The minimum atomic E-state index is -0.0410. The largest absolute Gasteiger partial charge is 0.496 e. The number of para-hydroxylation sites is 1. The summed E-state index contributed by atoms with van der Waals surface area (Å²) < 4.78 is 7.25. The van der Waals surface area contributed by atoms with E-state index in [9.17, 15) is 4.79 Å². The van der Waals surface area contributed by atoms with Gasteiger partial charge in [-0.2, -0.15) is 0 Å². The molecule has 1 aromatic heterocycles. The van der Waals surface area contributed by atoms with Gasteiger partial charge in [-0.25, -0.2) is 0 Å². The smallest absolute Gasteiger partial charge is 0.230 e. The van der Waals surface area contributed by atoms with Gasteiger partial charge in [0.15, 0.2) is 11.0 Å². The summed E-state index contributed by atoms with van der Waals surface area (Å²) in [7, 11) is 3.51. The Morgan fingerprint density at radius 3 is 2.62 bits per heavy atom. The van der Waals surface area contributed by atoms with E-state index in [-0.39, 0.29) is 11.7 Å². The lowest BCUT2D eigenvalue weighted by atomic mass is 10.2. The SMILES string of the molecule is COc1ccccc1-c1nnc(SCC(=O)NCc2ccccc2)n1C. The predicted molar refractivity (Wildman–Crippen MR) is 102 cm³/mol. The molecule has 0 aliphatic carbocycles. The van der Waals surface area contributed by atoms with E-state index >= 15 is 0 Å². The summed E-state index contributed by atoms with van der Waals surface area (Å²) in [6.45, 7) is 0.519. The molecule has 0 spiro atoms. The van der Waals surface area contributed by atoms with Crippen LogP contribution in [0.25, 0.3) is 11.4 Å². The van der Waals surface area contributed by atoms with Crippen LogP contribution in [0.3, 0.4) is 0 Å². The molecule has 0 saturated heterocycles. The number of ether oxygens (including phenoxy) is 1. The maximum Gasteiger partial charge on any atom is 0.230 e. The summed E-state index contributed by atoms with van der Waals surface area (Å²) >= 11 is 1.36. The summed E-state index contributed by atoms with van der Waals surface area (Å²) in [6, 6.07) is 17.5. The summed E-state index contributed by atoms with van der Waals surface area (Å²) in [5.74, 6) is 1.68. The Hall–Kier alpha value is -2.80. The molecule has 0 unspecified atom stereocenters. The summed E-state index contributed by atoms with van der Waals surface area (Å²) in [4.78, 5) is 12.1. The zero-order valence-corrected chi connectivity index (χ0v) is 15.5. The fourth-order valence-corrected chi connectivity index (χ4v) is 3.22. The number of amides is 1. The van der Waals surface area contributed by atoms with Gasteiger partial charge >= 0.3 is 0 Å². The first-order chi connectivity index (χ1) is 12.7. The highest BCUT2D eigenvalue weighted by atomic mass is 32.2. The lowest BCUT2D eigenvalue weighted by Gasteiger charge is -2.08. The highest BCUT2D eigenvalue weighted by Crippen LogP contribution is 2.29. The minimum absolute atomic E-state index is 0.0410. The Morgan fingerprint density at radius 1 is 1.12 bits per heavy atom. The fraction of sp³-hybridized carbons (Fsp3) is 0.211. The Morgan fingerprint density at radius 2 is 1.85 bits per heavy atom. The molecule has 26 heavy (non-hydrogen) atoms. The molecule has 7 heteroatoms. The monoisotopic (exact) mass is 368 g/mol. The van der Waals surface area contributed by atoms with Crippen molar-refractivity contribution in [2.45, 2.75) is 11.7 Å². The number of methoxy groups -OCH3 is 1. The van der Waals surface area contributed by atoms with Crippen LogP contribution in [0.4, 0.5) is 0 Å². The molecule has 6 nitrogen and oxygen atoms in total. The van der Waals surface area contributed by atoms with Crippen LogP contribution >= 0.6 is 11.8 Å². The van der Waals surface area contributed by atoms with Crippen molar-refractivity contribution in [3.8, 4) is 17.1 Å². The van der Waals surface area contributed by atoms with Crippen LogP contribution in [0.5, 0.6) is 5.75 Å². The third-order valence-electron chi connectivity index (χ3n) is 3.85. The number of rotatable bonds is 7. The third-order valence-corrected chi connectivity index (χ3v) is 4.87. The topological polar surface area (TPSA) is 69.0 Å². The standard InChI is InChI=1S/C19H20N4O2S/c1-23-18(15-10-6-7-11-16(15)25-2)21-22-19(23)26-13-17(24)20-12-14-8-4-3-5-9-14/h3-11H,12-13H2,1-2H3,(H,20,24). The van der Waals surface area contributed by atoms with E-state index in [1.165, 1.54) is 11.8 Å². The Bertz CT molecular complexity index is 880. The average molecular weight is 368 g/mol. The van der Waals surface area contributed by atoms with Gasteiger partial charge < -0.3 is 14.6 Å². The molecular formula is C19H20N4O2S. The lowest BCUT2D eigenvalue weighted by molar-refractivity contribution is -0.118. The van der Waals surface area contributed by atoms with Gasteiger partial charge in [-0.15, -0.1) is 10.2 Å². The van der Waals surface area contributed by atoms with Crippen molar-refractivity contribution in [3.05, 3.63) is 60.2 Å². The molecular weight excluding hydrogens is 348 g/mol. The lowest BCUT2D eigenvalue weighted by Crippen LogP contribution is -2.24. The molecule has 3 rings (SSSR count). The second kappa shape index (κ2) is 8.53. The molecule has 1 N–H and O–H groups in total. The summed E-state index contributed by atoms with van der Waals surface area (Å²) in [6.07, 6.45) is 0. The first kappa shape index (κ1) is 18.0. The highest BCUT2D eigenvalue weighted by Gasteiger charge is 2.15. The Balaban J connectivity index is 1.61. The van der Waals surface area contributed by atoms with E-state index in [0.29, 0.717) is 17.5 Å². The van der Waals surface area contributed by atoms with Gasteiger partial charge in [0.2, 0.25) is 5.91 Å². The van der Waals surface area contributed by atoms with E-state index in [1.807, 2.05) is 66.2 Å².